The molecule has 1 aromatic carbocycles. The number of nitriles is 1. The summed E-state index contributed by atoms with van der Waals surface area (Å²) in [6, 6.07) is 7.65. The van der Waals surface area contributed by atoms with Gasteiger partial charge in [0.2, 0.25) is 0 Å². The van der Waals surface area contributed by atoms with Crippen LogP contribution in [-0.4, -0.2) is 38.6 Å². The molecule has 18 heavy (non-hydrogen) atoms. The number of anilines is 1. The van der Waals surface area contributed by atoms with E-state index in [4.69, 9.17) is 16.9 Å². The van der Waals surface area contributed by atoms with Crippen molar-refractivity contribution in [1.82, 2.24) is 4.90 Å². The van der Waals surface area contributed by atoms with Gasteiger partial charge in [-0.2, -0.15) is 5.26 Å². The second kappa shape index (κ2) is 7.25. The fourth-order valence-electron chi connectivity index (χ4n) is 1.89. The molecule has 0 aliphatic carbocycles. The second-order valence-electron chi connectivity index (χ2n) is 4.51. The smallest absolute Gasteiger partial charge is 0.101 e. The van der Waals surface area contributed by atoms with E-state index in [1.807, 2.05) is 6.07 Å². The van der Waals surface area contributed by atoms with E-state index in [9.17, 15) is 0 Å². The minimum absolute atomic E-state index is 0.676. The zero-order valence-corrected chi connectivity index (χ0v) is 12.0. The van der Waals surface area contributed by atoms with Gasteiger partial charge in [-0.05, 0) is 52.2 Å². The van der Waals surface area contributed by atoms with Crippen molar-refractivity contribution < 1.29 is 0 Å². The lowest BCUT2D eigenvalue weighted by molar-refractivity contribution is 0.400. The molecule has 0 fully saturated rings. The van der Waals surface area contributed by atoms with Crippen molar-refractivity contribution in [3.05, 3.63) is 28.8 Å². The van der Waals surface area contributed by atoms with Crippen LogP contribution in [0.25, 0.3) is 0 Å². The molecule has 0 saturated heterocycles. The van der Waals surface area contributed by atoms with Crippen molar-refractivity contribution in [2.45, 2.75) is 13.3 Å². The van der Waals surface area contributed by atoms with E-state index in [2.05, 4.69) is 36.9 Å². The molecule has 0 saturated carbocycles. The number of halogens is 1. The minimum Gasteiger partial charge on any atom is -0.371 e. The largest absolute Gasteiger partial charge is 0.371 e. The van der Waals surface area contributed by atoms with Crippen LogP contribution < -0.4 is 4.90 Å². The van der Waals surface area contributed by atoms with Crippen molar-refractivity contribution in [2.75, 3.05) is 38.6 Å². The molecule has 0 bridgehead atoms. The second-order valence-corrected chi connectivity index (χ2v) is 4.95. The van der Waals surface area contributed by atoms with Gasteiger partial charge in [-0.15, -0.1) is 0 Å². The maximum atomic E-state index is 9.14. The number of rotatable bonds is 6. The first-order chi connectivity index (χ1) is 8.58. The van der Waals surface area contributed by atoms with E-state index in [0.29, 0.717) is 10.6 Å². The van der Waals surface area contributed by atoms with E-state index < -0.39 is 0 Å². The Kier molecular flexibility index (Phi) is 5.97. The summed E-state index contributed by atoms with van der Waals surface area (Å²) in [4.78, 5) is 4.37. The quantitative estimate of drug-likeness (QED) is 0.792. The highest BCUT2D eigenvalue weighted by Gasteiger charge is 2.10. The van der Waals surface area contributed by atoms with E-state index >= 15 is 0 Å². The van der Waals surface area contributed by atoms with E-state index in [-0.39, 0.29) is 0 Å². The summed E-state index contributed by atoms with van der Waals surface area (Å²) >= 11 is 6.02. The van der Waals surface area contributed by atoms with Crippen LogP contribution in [0.3, 0.4) is 0 Å². The molecule has 1 aromatic rings. The van der Waals surface area contributed by atoms with Crippen molar-refractivity contribution in [3.63, 3.8) is 0 Å². The Labute approximate surface area is 115 Å². The molecule has 0 spiro atoms. The van der Waals surface area contributed by atoms with Crippen LogP contribution in [0.15, 0.2) is 18.2 Å². The Morgan fingerprint density at radius 3 is 2.56 bits per heavy atom. The summed E-state index contributed by atoms with van der Waals surface area (Å²) in [6.45, 7) is 4.95. The first-order valence-corrected chi connectivity index (χ1v) is 6.55. The Morgan fingerprint density at radius 1 is 1.28 bits per heavy atom. The molecule has 0 amide bonds. The molecule has 0 atom stereocenters. The molecule has 1 rings (SSSR count). The third kappa shape index (κ3) is 4.21. The summed E-state index contributed by atoms with van der Waals surface area (Å²) in [5.74, 6) is 0. The molecule has 0 heterocycles. The molecular weight excluding hydrogens is 246 g/mol. The van der Waals surface area contributed by atoms with Gasteiger partial charge in [-0.25, -0.2) is 0 Å². The Bertz CT molecular complexity index is 424. The molecule has 0 unspecified atom stereocenters. The Hall–Kier alpha value is -1.24. The minimum atomic E-state index is 0.676. The van der Waals surface area contributed by atoms with E-state index in [1.165, 1.54) is 0 Å². The summed E-state index contributed by atoms with van der Waals surface area (Å²) < 4.78 is 0. The van der Waals surface area contributed by atoms with Gasteiger partial charge < -0.3 is 9.80 Å². The Morgan fingerprint density at radius 2 is 2.00 bits per heavy atom. The first kappa shape index (κ1) is 14.8. The summed E-state index contributed by atoms with van der Waals surface area (Å²) in [5.41, 5.74) is 1.62. The molecule has 0 N–H and O–H groups in total. The van der Waals surface area contributed by atoms with Crippen LogP contribution >= 0.6 is 11.6 Å². The lowest BCUT2D eigenvalue weighted by Crippen LogP contribution is -2.27. The van der Waals surface area contributed by atoms with Gasteiger partial charge in [0.1, 0.15) is 6.07 Å². The predicted molar refractivity (Wildman–Crippen MR) is 77.2 cm³/mol. The highest BCUT2D eigenvalue weighted by atomic mass is 35.5. The van der Waals surface area contributed by atoms with E-state index in [0.717, 1.165) is 31.7 Å². The van der Waals surface area contributed by atoms with Crippen molar-refractivity contribution in [3.8, 4) is 6.07 Å². The topological polar surface area (TPSA) is 30.3 Å². The molecular formula is C14H20ClN3. The zero-order chi connectivity index (χ0) is 13.5. The molecule has 0 aliphatic heterocycles. The van der Waals surface area contributed by atoms with Crippen molar-refractivity contribution in [2.24, 2.45) is 0 Å². The third-order valence-electron chi connectivity index (χ3n) is 2.84. The van der Waals surface area contributed by atoms with Gasteiger partial charge in [-0.3, -0.25) is 0 Å². The highest BCUT2D eigenvalue weighted by Crippen LogP contribution is 2.24. The lowest BCUT2D eigenvalue weighted by atomic mass is 10.1. The maximum absolute atomic E-state index is 9.14. The maximum Gasteiger partial charge on any atom is 0.101 e. The van der Waals surface area contributed by atoms with Gasteiger partial charge in [0, 0.05) is 18.1 Å². The fourth-order valence-corrected chi connectivity index (χ4v) is 2.05. The molecule has 0 aliphatic rings. The molecule has 0 radical (unpaired) electrons. The van der Waals surface area contributed by atoms with E-state index in [1.54, 1.807) is 12.1 Å². The predicted octanol–water partition coefficient (Wildman–Crippen LogP) is 2.99. The van der Waals surface area contributed by atoms with Gasteiger partial charge in [0.25, 0.3) is 0 Å². The first-order valence-electron chi connectivity index (χ1n) is 6.17. The fraction of sp³-hybridized carbons (Fsp3) is 0.500. The summed E-state index contributed by atoms with van der Waals surface area (Å²) in [5, 5.41) is 9.82. The SMILES string of the molecule is CCN(CCCN(C)C)c1cc(Cl)ccc1C#N. The van der Waals surface area contributed by atoms with Crippen LogP contribution in [0.5, 0.6) is 0 Å². The molecule has 0 aromatic heterocycles. The van der Waals surface area contributed by atoms with Gasteiger partial charge in [-0.1, -0.05) is 11.6 Å². The standard InChI is InChI=1S/C14H20ClN3/c1-4-18(9-5-8-17(2)3)14-10-13(15)7-6-12(14)11-16/h6-7,10H,4-5,8-9H2,1-3H3. The molecule has 98 valence electrons. The van der Waals surface area contributed by atoms with Crippen LogP contribution in [0.1, 0.15) is 18.9 Å². The number of hydrogen-bond acceptors (Lipinski definition) is 3. The van der Waals surface area contributed by atoms with Crippen molar-refractivity contribution in [1.29, 1.82) is 5.26 Å². The van der Waals surface area contributed by atoms with Crippen LogP contribution in [0, 0.1) is 11.3 Å². The van der Waals surface area contributed by atoms with Crippen LogP contribution in [0.4, 0.5) is 5.69 Å². The van der Waals surface area contributed by atoms with Gasteiger partial charge in [0.15, 0.2) is 0 Å². The number of nitrogens with zero attached hydrogens (tertiary/aromatic N) is 3. The highest BCUT2D eigenvalue weighted by molar-refractivity contribution is 6.30. The van der Waals surface area contributed by atoms with Crippen LogP contribution in [-0.2, 0) is 0 Å². The molecule has 4 heteroatoms. The zero-order valence-electron chi connectivity index (χ0n) is 11.3. The average Bonchev–Trinajstić information content (AvgIpc) is 2.34. The van der Waals surface area contributed by atoms with Crippen LogP contribution in [0.2, 0.25) is 5.02 Å². The normalized spacial score (nSPS) is 10.4. The van der Waals surface area contributed by atoms with Crippen molar-refractivity contribution >= 4 is 17.3 Å². The lowest BCUT2D eigenvalue weighted by Gasteiger charge is -2.25. The monoisotopic (exact) mass is 265 g/mol. The number of benzene rings is 1. The van der Waals surface area contributed by atoms with Gasteiger partial charge >= 0.3 is 0 Å². The summed E-state index contributed by atoms with van der Waals surface area (Å²) in [6.07, 6.45) is 1.07. The average molecular weight is 266 g/mol. The summed E-state index contributed by atoms with van der Waals surface area (Å²) in [7, 11) is 4.13. The third-order valence-corrected chi connectivity index (χ3v) is 3.07. The molecule has 3 nitrogen and oxygen atoms in total. The van der Waals surface area contributed by atoms with Gasteiger partial charge in [0.05, 0.1) is 11.3 Å². The Balaban J connectivity index is 2.81. The number of hydrogen-bond donors (Lipinski definition) is 0.